The van der Waals surface area contributed by atoms with Crippen molar-refractivity contribution in [3.05, 3.63) is 64.9 Å². The van der Waals surface area contributed by atoms with E-state index in [2.05, 4.69) is 0 Å². The van der Waals surface area contributed by atoms with Crippen LogP contribution >= 0.6 is 0 Å². The van der Waals surface area contributed by atoms with E-state index in [4.69, 9.17) is 9.47 Å². The Labute approximate surface area is 128 Å². The largest absolute Gasteiger partial charge is 0.452 e. The van der Waals surface area contributed by atoms with Gasteiger partial charge in [0.15, 0.2) is 5.76 Å². The van der Waals surface area contributed by atoms with Crippen LogP contribution < -0.4 is 9.47 Å². The van der Waals surface area contributed by atoms with Crippen LogP contribution in [-0.2, 0) is 4.79 Å². The molecule has 1 aliphatic heterocycles. The standard InChI is InChI=1S/C18H14O4/c1-11-4-3-5-13(8-11)9-17-18(20)15-7-6-14(21-12(2)19)10-16(15)22-17/h3-10H,1-2H3. The quantitative estimate of drug-likeness (QED) is 0.483. The number of fused-ring (bicyclic) bond motifs is 1. The third-order valence-corrected chi connectivity index (χ3v) is 3.24. The first kappa shape index (κ1) is 14.1. The van der Waals surface area contributed by atoms with Crippen LogP contribution in [0, 0.1) is 6.92 Å². The van der Waals surface area contributed by atoms with Gasteiger partial charge >= 0.3 is 5.97 Å². The summed E-state index contributed by atoms with van der Waals surface area (Å²) in [7, 11) is 0. The third kappa shape index (κ3) is 2.76. The van der Waals surface area contributed by atoms with E-state index >= 15 is 0 Å². The summed E-state index contributed by atoms with van der Waals surface area (Å²) in [4.78, 5) is 23.3. The molecule has 0 saturated heterocycles. The van der Waals surface area contributed by atoms with Crippen LogP contribution in [0.3, 0.4) is 0 Å². The number of aryl methyl sites for hydroxylation is 1. The van der Waals surface area contributed by atoms with Crippen LogP contribution in [-0.4, -0.2) is 11.8 Å². The number of rotatable bonds is 2. The molecule has 0 aromatic heterocycles. The first-order valence-corrected chi connectivity index (χ1v) is 6.86. The number of hydrogen-bond acceptors (Lipinski definition) is 4. The fourth-order valence-electron chi connectivity index (χ4n) is 2.31. The molecular weight excluding hydrogens is 280 g/mol. The van der Waals surface area contributed by atoms with Crippen molar-refractivity contribution in [1.82, 2.24) is 0 Å². The van der Waals surface area contributed by atoms with E-state index in [1.54, 1.807) is 24.3 Å². The van der Waals surface area contributed by atoms with Crippen LogP contribution in [0.1, 0.15) is 28.4 Å². The second-order valence-electron chi connectivity index (χ2n) is 5.11. The zero-order valence-corrected chi connectivity index (χ0v) is 12.3. The lowest BCUT2D eigenvalue weighted by molar-refractivity contribution is -0.131. The lowest BCUT2D eigenvalue weighted by atomic mass is 10.1. The Hall–Kier alpha value is -2.88. The summed E-state index contributed by atoms with van der Waals surface area (Å²) in [5, 5.41) is 0. The molecule has 0 bridgehead atoms. The molecule has 1 aliphatic rings. The van der Waals surface area contributed by atoms with Crippen molar-refractivity contribution in [2.24, 2.45) is 0 Å². The average molecular weight is 294 g/mol. The highest BCUT2D eigenvalue weighted by atomic mass is 16.5. The van der Waals surface area contributed by atoms with Crippen LogP contribution in [0.15, 0.2) is 48.2 Å². The molecule has 0 unspecified atom stereocenters. The Kier molecular flexibility index (Phi) is 3.51. The fourth-order valence-corrected chi connectivity index (χ4v) is 2.31. The van der Waals surface area contributed by atoms with E-state index in [0.29, 0.717) is 17.1 Å². The molecule has 22 heavy (non-hydrogen) atoms. The molecule has 0 saturated carbocycles. The summed E-state index contributed by atoms with van der Waals surface area (Å²) < 4.78 is 10.6. The molecule has 4 nitrogen and oxygen atoms in total. The van der Waals surface area contributed by atoms with E-state index in [9.17, 15) is 9.59 Å². The summed E-state index contributed by atoms with van der Waals surface area (Å²) in [6.45, 7) is 3.31. The second kappa shape index (κ2) is 5.48. The second-order valence-corrected chi connectivity index (χ2v) is 5.11. The minimum Gasteiger partial charge on any atom is -0.452 e. The molecule has 1 heterocycles. The van der Waals surface area contributed by atoms with Gasteiger partial charge in [0.1, 0.15) is 11.5 Å². The van der Waals surface area contributed by atoms with Gasteiger partial charge in [-0.3, -0.25) is 9.59 Å². The van der Waals surface area contributed by atoms with Crippen LogP contribution in [0.4, 0.5) is 0 Å². The average Bonchev–Trinajstić information content (AvgIpc) is 2.74. The smallest absolute Gasteiger partial charge is 0.308 e. The monoisotopic (exact) mass is 294 g/mol. The zero-order chi connectivity index (χ0) is 15.7. The normalized spacial score (nSPS) is 14.6. The molecule has 0 spiro atoms. The minimum atomic E-state index is -0.417. The van der Waals surface area contributed by atoms with Gasteiger partial charge in [0.2, 0.25) is 5.78 Å². The maximum absolute atomic E-state index is 12.3. The fraction of sp³-hybridized carbons (Fsp3) is 0.111. The molecular formula is C18H14O4. The maximum atomic E-state index is 12.3. The summed E-state index contributed by atoms with van der Waals surface area (Å²) in [5.74, 6) is 0.435. The Morgan fingerprint density at radius 1 is 1.18 bits per heavy atom. The molecule has 0 amide bonds. The van der Waals surface area contributed by atoms with Crippen molar-refractivity contribution >= 4 is 17.8 Å². The summed E-state index contributed by atoms with van der Waals surface area (Å²) in [5.41, 5.74) is 2.47. The highest BCUT2D eigenvalue weighted by Crippen LogP contribution is 2.34. The number of Topliss-reactive ketones (excluding diaryl/α,β-unsaturated/α-hetero) is 1. The number of esters is 1. The predicted octanol–water partition coefficient (Wildman–Crippen LogP) is 3.54. The van der Waals surface area contributed by atoms with Gasteiger partial charge < -0.3 is 9.47 Å². The van der Waals surface area contributed by atoms with Crippen molar-refractivity contribution in [3.8, 4) is 11.5 Å². The summed E-state index contributed by atoms with van der Waals surface area (Å²) >= 11 is 0. The van der Waals surface area contributed by atoms with Crippen molar-refractivity contribution in [2.75, 3.05) is 0 Å². The van der Waals surface area contributed by atoms with Crippen LogP contribution in [0.2, 0.25) is 0 Å². The summed E-state index contributed by atoms with van der Waals surface area (Å²) in [6.07, 6.45) is 1.71. The molecule has 4 heteroatoms. The van der Waals surface area contributed by atoms with Gasteiger partial charge in [-0.1, -0.05) is 29.8 Å². The molecule has 2 aromatic rings. The number of allylic oxidation sites excluding steroid dienone is 1. The number of hydrogen-bond donors (Lipinski definition) is 0. The van der Waals surface area contributed by atoms with Crippen molar-refractivity contribution < 1.29 is 19.1 Å². The van der Waals surface area contributed by atoms with E-state index in [0.717, 1.165) is 11.1 Å². The van der Waals surface area contributed by atoms with Gasteiger partial charge in [-0.05, 0) is 30.7 Å². The van der Waals surface area contributed by atoms with E-state index < -0.39 is 5.97 Å². The molecule has 0 radical (unpaired) electrons. The molecule has 3 rings (SSSR count). The number of carbonyl (C=O) groups excluding carboxylic acids is 2. The molecule has 110 valence electrons. The van der Waals surface area contributed by atoms with Crippen molar-refractivity contribution in [1.29, 1.82) is 0 Å². The molecule has 0 fully saturated rings. The van der Waals surface area contributed by atoms with Crippen molar-refractivity contribution in [2.45, 2.75) is 13.8 Å². The Morgan fingerprint density at radius 2 is 2.00 bits per heavy atom. The predicted molar refractivity (Wildman–Crippen MR) is 81.9 cm³/mol. The van der Waals surface area contributed by atoms with Crippen LogP contribution in [0.5, 0.6) is 11.5 Å². The highest BCUT2D eigenvalue weighted by molar-refractivity contribution is 6.14. The lowest BCUT2D eigenvalue weighted by Gasteiger charge is -2.02. The van der Waals surface area contributed by atoms with E-state index in [1.165, 1.54) is 6.92 Å². The van der Waals surface area contributed by atoms with Gasteiger partial charge in [-0.25, -0.2) is 0 Å². The maximum Gasteiger partial charge on any atom is 0.308 e. The Morgan fingerprint density at radius 3 is 2.73 bits per heavy atom. The zero-order valence-electron chi connectivity index (χ0n) is 12.3. The minimum absolute atomic E-state index is 0.175. The summed E-state index contributed by atoms with van der Waals surface area (Å²) in [6, 6.07) is 12.5. The topological polar surface area (TPSA) is 52.6 Å². The first-order valence-electron chi connectivity index (χ1n) is 6.86. The van der Waals surface area contributed by atoms with E-state index in [1.807, 2.05) is 31.2 Å². The van der Waals surface area contributed by atoms with Gasteiger partial charge in [-0.2, -0.15) is 0 Å². The molecule has 2 aromatic carbocycles. The number of ether oxygens (including phenoxy) is 2. The number of ketones is 1. The lowest BCUT2D eigenvalue weighted by Crippen LogP contribution is -2.01. The van der Waals surface area contributed by atoms with Crippen molar-refractivity contribution in [3.63, 3.8) is 0 Å². The number of benzene rings is 2. The third-order valence-electron chi connectivity index (χ3n) is 3.24. The van der Waals surface area contributed by atoms with Gasteiger partial charge in [0.25, 0.3) is 0 Å². The van der Waals surface area contributed by atoms with Gasteiger partial charge in [-0.15, -0.1) is 0 Å². The SMILES string of the molecule is CC(=O)Oc1ccc2c(c1)OC(=Cc1cccc(C)c1)C2=O. The first-order chi connectivity index (χ1) is 10.5. The highest BCUT2D eigenvalue weighted by Gasteiger charge is 2.27. The molecule has 0 N–H and O–H groups in total. The Bertz CT molecular complexity index is 802. The van der Waals surface area contributed by atoms with Gasteiger partial charge in [0, 0.05) is 13.0 Å². The van der Waals surface area contributed by atoms with E-state index in [-0.39, 0.29) is 11.5 Å². The van der Waals surface area contributed by atoms with Gasteiger partial charge in [0.05, 0.1) is 5.56 Å². The number of carbonyl (C=O) groups is 2. The molecule has 0 aliphatic carbocycles. The van der Waals surface area contributed by atoms with Crippen LogP contribution in [0.25, 0.3) is 6.08 Å². The molecule has 0 atom stereocenters. The Balaban J connectivity index is 1.92.